The lowest BCUT2D eigenvalue weighted by atomic mass is 10.1. The SMILES string of the molecule is Nc1c(Cl)cc([N+](=O)[O-])cc1C(=O)NCc1ncon1. The molecular formula is C10H8ClN5O4. The summed E-state index contributed by atoms with van der Waals surface area (Å²) < 4.78 is 4.50. The van der Waals surface area contributed by atoms with Crippen LogP contribution in [0, 0.1) is 10.1 Å². The number of halogens is 1. The average molecular weight is 298 g/mol. The molecule has 104 valence electrons. The molecule has 0 aliphatic heterocycles. The monoisotopic (exact) mass is 297 g/mol. The number of non-ortho nitro benzene ring substituents is 1. The second-order valence-electron chi connectivity index (χ2n) is 3.68. The van der Waals surface area contributed by atoms with Crippen LogP contribution < -0.4 is 11.1 Å². The van der Waals surface area contributed by atoms with Crippen LogP contribution in [0.15, 0.2) is 23.0 Å². The molecule has 1 aromatic carbocycles. The summed E-state index contributed by atoms with van der Waals surface area (Å²) in [5, 5.41) is 16.6. The van der Waals surface area contributed by atoms with Crippen molar-refractivity contribution >= 4 is 28.9 Å². The first kappa shape index (κ1) is 13.7. The predicted molar refractivity (Wildman–Crippen MR) is 68.0 cm³/mol. The molecule has 0 saturated carbocycles. The van der Waals surface area contributed by atoms with Crippen molar-refractivity contribution in [2.24, 2.45) is 0 Å². The van der Waals surface area contributed by atoms with Gasteiger partial charge in [0.05, 0.1) is 27.7 Å². The first-order chi connectivity index (χ1) is 9.49. The van der Waals surface area contributed by atoms with E-state index in [9.17, 15) is 14.9 Å². The summed E-state index contributed by atoms with van der Waals surface area (Å²) in [7, 11) is 0. The first-order valence-electron chi connectivity index (χ1n) is 5.26. The van der Waals surface area contributed by atoms with Crippen molar-refractivity contribution in [3.63, 3.8) is 0 Å². The van der Waals surface area contributed by atoms with E-state index in [0.717, 1.165) is 18.5 Å². The Kier molecular flexibility index (Phi) is 3.80. The maximum Gasteiger partial charge on any atom is 0.271 e. The molecular weight excluding hydrogens is 290 g/mol. The lowest BCUT2D eigenvalue weighted by Crippen LogP contribution is -2.24. The molecule has 10 heteroatoms. The number of nitrogens with two attached hydrogens (primary N) is 1. The Morgan fingerprint density at radius 2 is 2.30 bits per heavy atom. The lowest BCUT2D eigenvalue weighted by molar-refractivity contribution is -0.384. The fourth-order valence-corrected chi connectivity index (χ4v) is 1.64. The molecule has 0 spiro atoms. The van der Waals surface area contributed by atoms with Crippen LogP contribution in [0.25, 0.3) is 0 Å². The Bertz CT molecular complexity index is 658. The van der Waals surface area contributed by atoms with E-state index in [-0.39, 0.29) is 34.3 Å². The van der Waals surface area contributed by atoms with Gasteiger partial charge in [0.2, 0.25) is 6.39 Å². The minimum absolute atomic E-state index is 0.00488. The molecule has 1 aromatic heterocycles. The molecule has 3 N–H and O–H groups in total. The molecule has 0 unspecified atom stereocenters. The third-order valence-electron chi connectivity index (χ3n) is 2.38. The van der Waals surface area contributed by atoms with Gasteiger partial charge in [-0.15, -0.1) is 0 Å². The van der Waals surface area contributed by atoms with Crippen LogP contribution in [-0.4, -0.2) is 21.0 Å². The number of carbonyl (C=O) groups excluding carboxylic acids is 1. The summed E-state index contributed by atoms with van der Waals surface area (Å²) in [6.45, 7) is -0.00488. The Labute approximate surface area is 116 Å². The van der Waals surface area contributed by atoms with Gasteiger partial charge in [-0.05, 0) is 0 Å². The number of nitrogens with one attached hydrogen (secondary N) is 1. The highest BCUT2D eigenvalue weighted by atomic mass is 35.5. The quantitative estimate of drug-likeness (QED) is 0.490. The zero-order chi connectivity index (χ0) is 14.7. The Balaban J connectivity index is 2.22. The van der Waals surface area contributed by atoms with Crippen LogP contribution in [0.4, 0.5) is 11.4 Å². The van der Waals surface area contributed by atoms with Gasteiger partial charge < -0.3 is 15.6 Å². The van der Waals surface area contributed by atoms with Crippen LogP contribution in [0.1, 0.15) is 16.2 Å². The van der Waals surface area contributed by atoms with Crippen LogP contribution >= 0.6 is 11.6 Å². The number of aromatic nitrogens is 2. The van der Waals surface area contributed by atoms with Crippen molar-refractivity contribution in [3.05, 3.63) is 45.1 Å². The summed E-state index contributed by atoms with van der Waals surface area (Å²) in [5.41, 5.74) is 5.18. The van der Waals surface area contributed by atoms with Crippen molar-refractivity contribution < 1.29 is 14.2 Å². The minimum Gasteiger partial charge on any atom is -0.397 e. The van der Waals surface area contributed by atoms with Crippen LogP contribution in [0.5, 0.6) is 0 Å². The first-order valence-corrected chi connectivity index (χ1v) is 5.63. The Morgan fingerprint density at radius 1 is 1.55 bits per heavy atom. The van der Waals surface area contributed by atoms with E-state index in [1.807, 2.05) is 0 Å². The van der Waals surface area contributed by atoms with E-state index < -0.39 is 10.8 Å². The third-order valence-corrected chi connectivity index (χ3v) is 2.70. The Hall–Kier alpha value is -2.68. The van der Waals surface area contributed by atoms with Gasteiger partial charge in [-0.2, -0.15) is 4.98 Å². The van der Waals surface area contributed by atoms with Crippen LogP contribution in [0.3, 0.4) is 0 Å². The van der Waals surface area contributed by atoms with Gasteiger partial charge >= 0.3 is 0 Å². The molecule has 9 nitrogen and oxygen atoms in total. The number of nitrogen functional groups attached to an aromatic ring is 1. The molecule has 0 atom stereocenters. The molecule has 0 fully saturated rings. The van der Waals surface area contributed by atoms with Gasteiger partial charge in [-0.3, -0.25) is 14.9 Å². The summed E-state index contributed by atoms with van der Waals surface area (Å²) >= 11 is 5.76. The number of benzene rings is 1. The van der Waals surface area contributed by atoms with E-state index in [4.69, 9.17) is 17.3 Å². The normalized spacial score (nSPS) is 10.2. The number of rotatable bonds is 4. The largest absolute Gasteiger partial charge is 0.397 e. The zero-order valence-electron chi connectivity index (χ0n) is 9.87. The Morgan fingerprint density at radius 3 is 2.90 bits per heavy atom. The lowest BCUT2D eigenvalue weighted by Gasteiger charge is -2.07. The van der Waals surface area contributed by atoms with E-state index in [1.54, 1.807) is 0 Å². The highest BCUT2D eigenvalue weighted by molar-refractivity contribution is 6.34. The second kappa shape index (κ2) is 5.53. The molecule has 0 radical (unpaired) electrons. The van der Waals surface area contributed by atoms with Gasteiger partial charge in [-0.25, -0.2) is 0 Å². The number of anilines is 1. The van der Waals surface area contributed by atoms with E-state index >= 15 is 0 Å². The molecule has 2 aromatic rings. The van der Waals surface area contributed by atoms with Gasteiger partial charge in [0.15, 0.2) is 5.82 Å². The predicted octanol–water partition coefficient (Wildman–Crippen LogP) is 1.14. The molecule has 20 heavy (non-hydrogen) atoms. The van der Waals surface area contributed by atoms with Gasteiger partial charge in [0.25, 0.3) is 11.6 Å². The zero-order valence-corrected chi connectivity index (χ0v) is 10.6. The standard InChI is InChI=1S/C10H8ClN5O4/c11-7-2-5(16(18)19)1-6(9(7)12)10(17)13-3-8-14-4-20-15-8/h1-2,4H,3,12H2,(H,13,17). The van der Waals surface area contributed by atoms with E-state index in [0.29, 0.717) is 0 Å². The molecule has 2 rings (SSSR count). The highest BCUT2D eigenvalue weighted by Gasteiger charge is 2.19. The number of amides is 1. The summed E-state index contributed by atoms with van der Waals surface area (Å²) in [5.74, 6) is -0.369. The maximum atomic E-state index is 11.9. The number of nitro benzene ring substituents is 1. The number of hydrogen-bond acceptors (Lipinski definition) is 7. The minimum atomic E-state index is -0.665. The maximum absolute atomic E-state index is 11.9. The van der Waals surface area contributed by atoms with E-state index in [2.05, 4.69) is 20.0 Å². The van der Waals surface area contributed by atoms with Crippen molar-refractivity contribution in [1.29, 1.82) is 0 Å². The highest BCUT2D eigenvalue weighted by Crippen LogP contribution is 2.28. The molecule has 0 aliphatic rings. The van der Waals surface area contributed by atoms with Crippen molar-refractivity contribution in [1.82, 2.24) is 15.5 Å². The average Bonchev–Trinajstić information content (AvgIpc) is 2.92. The van der Waals surface area contributed by atoms with Gasteiger partial charge in [-0.1, -0.05) is 16.8 Å². The van der Waals surface area contributed by atoms with E-state index in [1.165, 1.54) is 0 Å². The topological polar surface area (TPSA) is 137 Å². The number of hydrogen-bond donors (Lipinski definition) is 2. The van der Waals surface area contributed by atoms with Gasteiger partial charge in [0, 0.05) is 12.1 Å². The molecule has 1 heterocycles. The number of carbonyl (C=O) groups is 1. The fourth-order valence-electron chi connectivity index (χ4n) is 1.42. The van der Waals surface area contributed by atoms with Crippen molar-refractivity contribution in [3.8, 4) is 0 Å². The van der Waals surface area contributed by atoms with Crippen molar-refractivity contribution in [2.75, 3.05) is 5.73 Å². The second-order valence-corrected chi connectivity index (χ2v) is 4.08. The summed E-state index contributed by atoms with van der Waals surface area (Å²) in [4.78, 5) is 25.7. The van der Waals surface area contributed by atoms with Crippen LogP contribution in [0.2, 0.25) is 5.02 Å². The molecule has 0 saturated heterocycles. The third kappa shape index (κ3) is 2.83. The number of nitro groups is 1. The number of nitrogens with zero attached hydrogens (tertiary/aromatic N) is 3. The molecule has 1 amide bonds. The van der Waals surface area contributed by atoms with Crippen molar-refractivity contribution in [2.45, 2.75) is 6.54 Å². The smallest absolute Gasteiger partial charge is 0.271 e. The summed E-state index contributed by atoms with van der Waals surface area (Å²) in [6.07, 6.45) is 1.11. The molecule has 0 bridgehead atoms. The summed E-state index contributed by atoms with van der Waals surface area (Å²) in [6, 6.07) is 2.12. The fraction of sp³-hybridized carbons (Fsp3) is 0.100. The molecule has 0 aliphatic carbocycles. The van der Waals surface area contributed by atoms with Crippen LogP contribution in [-0.2, 0) is 6.54 Å². The van der Waals surface area contributed by atoms with Gasteiger partial charge in [0.1, 0.15) is 0 Å².